The van der Waals surface area contributed by atoms with E-state index in [1.54, 1.807) is 0 Å². The van der Waals surface area contributed by atoms with Gasteiger partial charge in [0.1, 0.15) is 16.7 Å². The van der Waals surface area contributed by atoms with Gasteiger partial charge in [-0.25, -0.2) is 4.98 Å². The van der Waals surface area contributed by atoms with Gasteiger partial charge in [-0.3, -0.25) is 9.38 Å². The van der Waals surface area contributed by atoms with Crippen LogP contribution in [0, 0.1) is 0 Å². The zero-order valence-electron chi connectivity index (χ0n) is 12.4. The summed E-state index contributed by atoms with van der Waals surface area (Å²) in [7, 11) is 0. The van der Waals surface area contributed by atoms with Crippen LogP contribution in [0.3, 0.4) is 0 Å². The molecule has 2 aromatic carbocycles. The van der Waals surface area contributed by atoms with Crippen LogP contribution in [0.4, 0.5) is 0 Å². The van der Waals surface area contributed by atoms with Gasteiger partial charge in [-0.1, -0.05) is 24.3 Å². The third-order valence-electron chi connectivity index (χ3n) is 5.15. The minimum atomic E-state index is 0.885. The van der Waals surface area contributed by atoms with Gasteiger partial charge in [0, 0.05) is 17.0 Å². The molecule has 0 aliphatic carbocycles. The Hall–Kier alpha value is -3.40. The lowest BCUT2D eigenvalue weighted by Crippen LogP contribution is -1.86. The van der Waals surface area contributed by atoms with Gasteiger partial charge in [-0.2, -0.15) is 0 Å². The van der Waals surface area contributed by atoms with Crippen molar-refractivity contribution in [3.63, 3.8) is 0 Å². The lowest BCUT2D eigenvalue weighted by Gasteiger charge is -2.01. The second kappa shape index (κ2) is 3.41. The van der Waals surface area contributed by atoms with E-state index in [4.69, 9.17) is 14.4 Å². The second-order valence-electron chi connectivity index (χ2n) is 6.32. The molecule has 4 nitrogen and oxygen atoms in total. The molecule has 0 amide bonds. The third kappa shape index (κ3) is 1.04. The fourth-order valence-electron chi connectivity index (χ4n) is 4.23. The van der Waals surface area contributed by atoms with Crippen LogP contribution < -0.4 is 0 Å². The summed E-state index contributed by atoms with van der Waals surface area (Å²) in [6, 6.07) is 16.6. The molecule has 24 heavy (non-hydrogen) atoms. The highest BCUT2D eigenvalue weighted by atomic mass is 16.3. The van der Waals surface area contributed by atoms with Crippen LogP contribution in [-0.4, -0.2) is 14.4 Å². The van der Waals surface area contributed by atoms with E-state index in [0.717, 1.165) is 49.7 Å². The Kier molecular flexibility index (Phi) is 1.59. The molecule has 0 bridgehead atoms. The van der Waals surface area contributed by atoms with Crippen molar-refractivity contribution in [3.05, 3.63) is 54.7 Å². The highest BCUT2D eigenvalue weighted by molar-refractivity contribution is 6.29. The molecule has 0 aliphatic heterocycles. The fourth-order valence-corrected chi connectivity index (χ4v) is 4.23. The molecule has 5 heterocycles. The Bertz CT molecular complexity index is 1530. The molecule has 0 fully saturated rings. The second-order valence-corrected chi connectivity index (χ2v) is 6.32. The van der Waals surface area contributed by atoms with E-state index < -0.39 is 0 Å². The number of fused-ring (bicyclic) bond motifs is 1. The van der Waals surface area contributed by atoms with Crippen LogP contribution in [0.15, 0.2) is 59.1 Å². The predicted molar refractivity (Wildman–Crippen MR) is 95.2 cm³/mol. The van der Waals surface area contributed by atoms with Crippen molar-refractivity contribution in [1.29, 1.82) is 0 Å². The van der Waals surface area contributed by atoms with Crippen molar-refractivity contribution < 1.29 is 4.42 Å². The lowest BCUT2D eigenvalue weighted by atomic mass is 10.0. The molecule has 0 aliphatic rings. The van der Waals surface area contributed by atoms with Gasteiger partial charge in [0.05, 0.1) is 21.9 Å². The summed E-state index contributed by atoms with van der Waals surface area (Å²) >= 11 is 0. The van der Waals surface area contributed by atoms with Gasteiger partial charge in [-0.05, 0) is 29.7 Å². The molecule has 0 unspecified atom stereocenters. The molecule has 5 aromatic heterocycles. The van der Waals surface area contributed by atoms with Crippen LogP contribution in [-0.2, 0) is 0 Å². The minimum Gasteiger partial charge on any atom is -0.454 e. The Morgan fingerprint density at radius 2 is 1.79 bits per heavy atom. The average molecular weight is 307 g/mol. The number of aromatic nitrogens is 3. The van der Waals surface area contributed by atoms with Gasteiger partial charge in [0.15, 0.2) is 5.58 Å². The third-order valence-corrected chi connectivity index (χ3v) is 5.15. The predicted octanol–water partition coefficient (Wildman–Crippen LogP) is 4.96. The first-order chi connectivity index (χ1) is 11.9. The Morgan fingerprint density at radius 1 is 0.833 bits per heavy atom. The molecule has 0 saturated carbocycles. The van der Waals surface area contributed by atoms with Gasteiger partial charge in [0.2, 0.25) is 0 Å². The van der Waals surface area contributed by atoms with Crippen LogP contribution >= 0.6 is 0 Å². The van der Waals surface area contributed by atoms with Crippen molar-refractivity contribution in [2.24, 2.45) is 0 Å². The molecular weight excluding hydrogens is 298 g/mol. The minimum absolute atomic E-state index is 0.885. The lowest BCUT2D eigenvalue weighted by molar-refractivity contribution is 0.668. The number of pyridine rings is 2. The summed E-state index contributed by atoms with van der Waals surface area (Å²) in [5, 5.41) is 4.72. The average Bonchev–Trinajstić information content (AvgIpc) is 3.14. The molecule has 0 atom stereocenters. The number of rotatable bonds is 0. The van der Waals surface area contributed by atoms with Crippen molar-refractivity contribution >= 4 is 60.4 Å². The zero-order chi connectivity index (χ0) is 15.4. The standard InChI is InChI=1S/C20H9N3O/c1-2-10-4-5-13-17-16(10)11(3-1)18-19-12(8-9-21-18)22-15-7-6-14(24-13)20(17)23(15)19/h1-9H. The SMILES string of the molecule is c1cc2ccc3oc4ccc5nc6ccnc7c(c1)c2c3c4n5c67. The summed E-state index contributed by atoms with van der Waals surface area (Å²) in [4.78, 5) is 9.51. The van der Waals surface area contributed by atoms with E-state index in [2.05, 4.69) is 34.7 Å². The molecule has 0 saturated heterocycles. The van der Waals surface area contributed by atoms with E-state index in [1.807, 2.05) is 24.4 Å². The van der Waals surface area contributed by atoms with E-state index in [9.17, 15) is 0 Å². The van der Waals surface area contributed by atoms with Gasteiger partial charge < -0.3 is 4.42 Å². The molecule has 7 rings (SSSR count). The van der Waals surface area contributed by atoms with Crippen molar-refractivity contribution in [1.82, 2.24) is 14.4 Å². The normalized spacial score (nSPS) is 13.0. The summed E-state index contributed by atoms with van der Waals surface area (Å²) in [6.45, 7) is 0. The number of nitrogens with zero attached hydrogens (tertiary/aromatic N) is 3. The van der Waals surface area contributed by atoms with Crippen LogP contribution in [0.25, 0.3) is 60.4 Å². The van der Waals surface area contributed by atoms with Gasteiger partial charge in [0.25, 0.3) is 0 Å². The summed E-state index contributed by atoms with van der Waals surface area (Å²) < 4.78 is 8.35. The van der Waals surface area contributed by atoms with Crippen LogP contribution in [0.1, 0.15) is 0 Å². The molecule has 0 radical (unpaired) electrons. The maximum atomic E-state index is 6.14. The zero-order valence-corrected chi connectivity index (χ0v) is 12.4. The number of hydrogen-bond acceptors (Lipinski definition) is 3. The molecule has 7 aromatic rings. The fraction of sp³-hybridized carbons (Fsp3) is 0. The van der Waals surface area contributed by atoms with Crippen LogP contribution in [0.5, 0.6) is 0 Å². The van der Waals surface area contributed by atoms with Gasteiger partial charge in [-0.15, -0.1) is 0 Å². The highest BCUT2D eigenvalue weighted by Gasteiger charge is 2.21. The molecule has 0 N–H and O–H groups in total. The van der Waals surface area contributed by atoms with E-state index >= 15 is 0 Å². The van der Waals surface area contributed by atoms with Crippen molar-refractivity contribution in [2.75, 3.05) is 0 Å². The largest absolute Gasteiger partial charge is 0.454 e. The van der Waals surface area contributed by atoms with E-state index in [0.29, 0.717) is 0 Å². The molecule has 110 valence electrons. The number of benzene rings is 2. The first-order valence-corrected chi connectivity index (χ1v) is 7.95. The van der Waals surface area contributed by atoms with Crippen LogP contribution in [0.2, 0.25) is 0 Å². The Balaban J connectivity index is 2.13. The smallest absolute Gasteiger partial charge is 0.152 e. The Morgan fingerprint density at radius 3 is 2.79 bits per heavy atom. The summed E-state index contributed by atoms with van der Waals surface area (Å²) in [5.41, 5.74) is 6.83. The quantitative estimate of drug-likeness (QED) is 0.397. The highest BCUT2D eigenvalue weighted by Crippen LogP contribution is 2.41. The molecular formula is C20H9N3O. The summed E-state index contributed by atoms with van der Waals surface area (Å²) in [6.07, 6.45) is 1.85. The first-order valence-electron chi connectivity index (χ1n) is 7.95. The number of furan rings is 1. The topological polar surface area (TPSA) is 43.3 Å². The van der Waals surface area contributed by atoms with E-state index in [1.165, 1.54) is 10.8 Å². The maximum absolute atomic E-state index is 6.14. The molecule has 0 spiro atoms. The maximum Gasteiger partial charge on any atom is 0.152 e. The summed E-state index contributed by atoms with van der Waals surface area (Å²) in [5.74, 6) is 0. The van der Waals surface area contributed by atoms with Crippen molar-refractivity contribution in [3.8, 4) is 0 Å². The Labute approximate surface area is 134 Å². The molecule has 4 heteroatoms. The monoisotopic (exact) mass is 307 g/mol. The number of imidazole rings is 1. The van der Waals surface area contributed by atoms with Crippen molar-refractivity contribution in [2.45, 2.75) is 0 Å². The van der Waals surface area contributed by atoms with Gasteiger partial charge >= 0.3 is 0 Å². The van der Waals surface area contributed by atoms with E-state index in [-0.39, 0.29) is 0 Å². The first kappa shape index (κ1) is 11.2. The number of hydrogen-bond donors (Lipinski definition) is 0.